The van der Waals surface area contributed by atoms with E-state index in [4.69, 9.17) is 34.4 Å². The second-order valence-corrected chi connectivity index (χ2v) is 8.05. The lowest BCUT2D eigenvalue weighted by Crippen LogP contribution is -2.57. The van der Waals surface area contributed by atoms with Gasteiger partial charge in [0, 0.05) is 6.54 Å². The number of rotatable bonds is 19. The van der Waals surface area contributed by atoms with Gasteiger partial charge in [0.05, 0.1) is 24.9 Å². The van der Waals surface area contributed by atoms with E-state index in [0.717, 1.165) is 0 Å². The SMILES string of the molecule is NCCCC[C@H](NC(=O)[C@H](CC(N)=O)NC(=O)[C@@H](N)CC(N)=O)C(=O)N[C@H](C=O)CCCN=C(N)N. The van der Waals surface area contributed by atoms with E-state index >= 15 is 0 Å². The Labute approximate surface area is 208 Å². The van der Waals surface area contributed by atoms with Crippen molar-refractivity contribution in [3.8, 4) is 0 Å². The van der Waals surface area contributed by atoms with E-state index in [1.165, 1.54) is 0 Å². The Bertz CT molecular complexity index is 802. The van der Waals surface area contributed by atoms with Gasteiger partial charge < -0.3 is 55.1 Å². The Morgan fingerprint density at radius 1 is 0.750 bits per heavy atom. The van der Waals surface area contributed by atoms with E-state index < -0.39 is 66.5 Å². The number of carbonyl (C=O) groups excluding carboxylic acids is 6. The summed E-state index contributed by atoms with van der Waals surface area (Å²) in [6, 6.07) is -4.81. The van der Waals surface area contributed by atoms with Gasteiger partial charge in [0.15, 0.2) is 5.96 Å². The highest BCUT2D eigenvalue weighted by Crippen LogP contribution is 2.05. The first-order valence-electron chi connectivity index (χ1n) is 11.3. The molecule has 0 bridgehead atoms. The minimum Gasteiger partial charge on any atom is -0.370 e. The first-order valence-corrected chi connectivity index (χ1v) is 11.3. The summed E-state index contributed by atoms with van der Waals surface area (Å²) in [5.74, 6) is -4.32. The van der Waals surface area contributed by atoms with Crippen LogP contribution in [0.4, 0.5) is 0 Å². The fourth-order valence-corrected chi connectivity index (χ4v) is 3.01. The molecular weight excluding hydrogens is 476 g/mol. The molecular formula is C20H38N10O6. The summed E-state index contributed by atoms with van der Waals surface area (Å²) in [6.07, 6.45) is 1.28. The Morgan fingerprint density at radius 2 is 1.33 bits per heavy atom. The molecule has 0 fully saturated rings. The number of nitrogens with zero attached hydrogens (tertiary/aromatic N) is 1. The number of nitrogens with two attached hydrogens (primary N) is 6. The molecule has 0 aromatic heterocycles. The minimum atomic E-state index is -1.47. The van der Waals surface area contributed by atoms with E-state index in [9.17, 15) is 28.8 Å². The molecule has 16 heteroatoms. The summed E-state index contributed by atoms with van der Waals surface area (Å²) in [6.45, 7) is 0.605. The lowest BCUT2D eigenvalue weighted by atomic mass is 10.1. The van der Waals surface area contributed by atoms with Crippen LogP contribution in [0, 0.1) is 0 Å². The lowest BCUT2D eigenvalue weighted by Gasteiger charge is -2.24. The maximum Gasteiger partial charge on any atom is 0.243 e. The quantitative estimate of drug-likeness (QED) is 0.0341. The zero-order valence-corrected chi connectivity index (χ0v) is 20.1. The second kappa shape index (κ2) is 17.6. The largest absolute Gasteiger partial charge is 0.370 e. The van der Waals surface area contributed by atoms with Gasteiger partial charge in [0.1, 0.15) is 18.4 Å². The van der Waals surface area contributed by atoms with Crippen LogP contribution in [0.2, 0.25) is 0 Å². The number of aliphatic imine (C=N–C) groups is 1. The van der Waals surface area contributed by atoms with Gasteiger partial charge in [-0.2, -0.15) is 0 Å². The molecule has 0 saturated carbocycles. The molecule has 204 valence electrons. The molecule has 5 amide bonds. The van der Waals surface area contributed by atoms with E-state index in [-0.39, 0.29) is 25.3 Å². The van der Waals surface area contributed by atoms with Gasteiger partial charge in [-0.15, -0.1) is 0 Å². The summed E-state index contributed by atoms with van der Waals surface area (Å²) < 4.78 is 0. The Morgan fingerprint density at radius 3 is 1.86 bits per heavy atom. The summed E-state index contributed by atoms with van der Waals surface area (Å²) in [4.78, 5) is 75.6. The second-order valence-electron chi connectivity index (χ2n) is 8.05. The molecule has 0 aromatic carbocycles. The molecule has 0 aromatic rings. The molecule has 15 N–H and O–H groups in total. The molecule has 4 atom stereocenters. The number of unbranched alkanes of at least 4 members (excludes halogenated alkanes) is 1. The van der Waals surface area contributed by atoms with Crippen molar-refractivity contribution in [3.05, 3.63) is 0 Å². The lowest BCUT2D eigenvalue weighted by molar-refractivity contribution is -0.134. The summed E-state index contributed by atoms with van der Waals surface area (Å²) in [5.41, 5.74) is 31.8. The molecule has 36 heavy (non-hydrogen) atoms. The van der Waals surface area contributed by atoms with Crippen LogP contribution in [0.5, 0.6) is 0 Å². The number of primary amides is 2. The number of aldehydes is 1. The molecule has 0 unspecified atom stereocenters. The maximum absolute atomic E-state index is 12.9. The van der Waals surface area contributed by atoms with E-state index in [1.807, 2.05) is 0 Å². The van der Waals surface area contributed by atoms with Crippen LogP contribution in [0.25, 0.3) is 0 Å². The highest BCUT2D eigenvalue weighted by atomic mass is 16.2. The monoisotopic (exact) mass is 514 g/mol. The van der Waals surface area contributed by atoms with Crippen molar-refractivity contribution in [1.29, 1.82) is 0 Å². The average Bonchev–Trinajstić information content (AvgIpc) is 2.78. The van der Waals surface area contributed by atoms with Crippen LogP contribution >= 0.6 is 0 Å². The predicted octanol–water partition coefficient (Wildman–Crippen LogP) is -5.10. The van der Waals surface area contributed by atoms with Gasteiger partial charge in [-0.25, -0.2) is 0 Å². The van der Waals surface area contributed by atoms with Crippen molar-refractivity contribution >= 4 is 41.8 Å². The fraction of sp³-hybridized carbons (Fsp3) is 0.650. The Balaban J connectivity index is 5.40. The first-order chi connectivity index (χ1) is 16.9. The van der Waals surface area contributed by atoms with E-state index in [0.29, 0.717) is 32.1 Å². The summed E-state index contributed by atoms with van der Waals surface area (Å²) in [7, 11) is 0. The number of guanidine groups is 1. The summed E-state index contributed by atoms with van der Waals surface area (Å²) >= 11 is 0. The van der Waals surface area contributed by atoms with Crippen molar-refractivity contribution in [1.82, 2.24) is 16.0 Å². The van der Waals surface area contributed by atoms with Crippen LogP contribution in [0.3, 0.4) is 0 Å². The number of nitrogens with one attached hydrogen (secondary N) is 3. The Hall–Kier alpha value is -3.79. The van der Waals surface area contributed by atoms with Crippen molar-refractivity contribution in [3.63, 3.8) is 0 Å². The topological polar surface area (TPSA) is 307 Å². The average molecular weight is 515 g/mol. The number of carbonyl (C=O) groups is 6. The third-order valence-corrected chi connectivity index (χ3v) is 4.84. The van der Waals surface area contributed by atoms with Crippen molar-refractivity contribution in [2.24, 2.45) is 39.4 Å². The van der Waals surface area contributed by atoms with Gasteiger partial charge in [0.25, 0.3) is 0 Å². The molecule has 0 spiro atoms. The first kappa shape index (κ1) is 32.2. The normalized spacial score (nSPS) is 13.8. The van der Waals surface area contributed by atoms with E-state index in [2.05, 4.69) is 20.9 Å². The molecule has 0 radical (unpaired) electrons. The van der Waals surface area contributed by atoms with Gasteiger partial charge in [-0.1, -0.05) is 0 Å². The smallest absolute Gasteiger partial charge is 0.243 e. The van der Waals surface area contributed by atoms with Crippen LogP contribution in [0.1, 0.15) is 44.9 Å². The molecule has 16 nitrogen and oxygen atoms in total. The van der Waals surface area contributed by atoms with Crippen LogP contribution < -0.4 is 50.4 Å². The van der Waals surface area contributed by atoms with Gasteiger partial charge in [-0.05, 0) is 38.6 Å². The van der Waals surface area contributed by atoms with Gasteiger partial charge in [0.2, 0.25) is 29.5 Å². The number of amides is 5. The molecule has 0 aliphatic heterocycles. The van der Waals surface area contributed by atoms with Gasteiger partial charge >= 0.3 is 0 Å². The Kier molecular flexibility index (Phi) is 15.8. The van der Waals surface area contributed by atoms with Crippen molar-refractivity contribution < 1.29 is 28.8 Å². The highest BCUT2D eigenvalue weighted by molar-refractivity contribution is 5.96. The fourth-order valence-electron chi connectivity index (χ4n) is 3.01. The molecule has 0 rings (SSSR count). The minimum absolute atomic E-state index is 0.0995. The predicted molar refractivity (Wildman–Crippen MR) is 130 cm³/mol. The highest BCUT2D eigenvalue weighted by Gasteiger charge is 2.30. The van der Waals surface area contributed by atoms with Gasteiger partial charge in [-0.3, -0.25) is 29.0 Å². The zero-order valence-electron chi connectivity index (χ0n) is 20.1. The third kappa shape index (κ3) is 14.5. The zero-order chi connectivity index (χ0) is 27.7. The van der Waals surface area contributed by atoms with Crippen molar-refractivity contribution in [2.75, 3.05) is 13.1 Å². The number of hydrogen-bond donors (Lipinski definition) is 9. The van der Waals surface area contributed by atoms with Crippen molar-refractivity contribution in [2.45, 2.75) is 69.1 Å². The third-order valence-electron chi connectivity index (χ3n) is 4.84. The van der Waals surface area contributed by atoms with E-state index in [1.54, 1.807) is 0 Å². The molecule has 0 aliphatic carbocycles. The molecule has 0 heterocycles. The number of hydrogen-bond acceptors (Lipinski definition) is 9. The molecule has 0 saturated heterocycles. The van der Waals surface area contributed by atoms with Crippen LogP contribution in [-0.4, -0.2) is 79.0 Å². The summed E-state index contributed by atoms with van der Waals surface area (Å²) in [5, 5.41) is 7.23. The molecule has 0 aliphatic rings. The standard InChI is InChI=1S/C20H38N10O6/c21-6-2-1-5-13(18(35)28-11(10-31)4-3-7-27-20(25)26)29-19(36)14(9-16(24)33)30-17(34)12(22)8-15(23)32/h10-14H,1-9,21-22H2,(H2,23,32)(H2,24,33)(H,28,35)(H,29,36)(H,30,34)(H4,25,26,27)/t11-,12-,13-,14-/m0/s1. The van der Waals surface area contributed by atoms with Crippen LogP contribution in [0.15, 0.2) is 4.99 Å². The maximum atomic E-state index is 12.9. The van der Waals surface area contributed by atoms with Crippen LogP contribution in [-0.2, 0) is 28.8 Å².